The molecular weight excluding hydrogens is 400 g/mol. The molecule has 2 saturated heterocycles. The summed E-state index contributed by atoms with van der Waals surface area (Å²) in [5.74, 6) is -0.587. The molecule has 1 unspecified atom stereocenters. The molecule has 1 N–H and O–H groups in total. The van der Waals surface area contributed by atoms with Crippen molar-refractivity contribution in [2.45, 2.75) is 37.9 Å². The molecule has 9 nitrogen and oxygen atoms in total. The molecule has 0 radical (unpaired) electrons. The van der Waals surface area contributed by atoms with Gasteiger partial charge in [0.1, 0.15) is 6.54 Å². The molecule has 1 aromatic carbocycles. The number of hydrogen-bond donors (Lipinski definition) is 1. The van der Waals surface area contributed by atoms with E-state index < -0.39 is 17.7 Å². The van der Waals surface area contributed by atoms with Crippen molar-refractivity contribution in [3.8, 4) is 0 Å². The lowest BCUT2D eigenvalue weighted by Crippen LogP contribution is -2.60. The quantitative estimate of drug-likeness (QED) is 0.693. The van der Waals surface area contributed by atoms with Crippen molar-refractivity contribution in [1.29, 1.82) is 0 Å². The third-order valence-electron chi connectivity index (χ3n) is 5.93. The van der Waals surface area contributed by atoms with Crippen LogP contribution >= 0.6 is 0 Å². The fraction of sp³-hybridized carbons (Fsp3) is 0.455. The second-order valence-electron chi connectivity index (χ2n) is 7.82. The molecule has 2 amide bonds. The van der Waals surface area contributed by atoms with Gasteiger partial charge in [-0.2, -0.15) is 0 Å². The number of carbonyl (C=O) groups excluding carboxylic acids is 3. The Morgan fingerprint density at radius 1 is 1.23 bits per heavy atom. The number of carbonyl (C=O) groups is 3. The van der Waals surface area contributed by atoms with Gasteiger partial charge in [-0.1, -0.05) is 35.5 Å². The molecule has 0 bridgehead atoms. The summed E-state index contributed by atoms with van der Waals surface area (Å²) in [5.41, 5.74) is 0.348. The van der Waals surface area contributed by atoms with Gasteiger partial charge in [-0.15, -0.1) is 0 Å². The molecule has 0 aliphatic carbocycles. The van der Waals surface area contributed by atoms with Gasteiger partial charge in [0, 0.05) is 32.0 Å². The molecule has 3 heterocycles. The summed E-state index contributed by atoms with van der Waals surface area (Å²) in [6.07, 6.45) is 2.97. The lowest BCUT2D eigenvalue weighted by Gasteiger charge is -2.44. The normalized spacial score (nSPS) is 20.3. The van der Waals surface area contributed by atoms with Crippen molar-refractivity contribution < 1.29 is 23.6 Å². The molecule has 0 saturated carbocycles. The van der Waals surface area contributed by atoms with Crippen LogP contribution in [0, 0.1) is 0 Å². The Morgan fingerprint density at radius 3 is 2.61 bits per heavy atom. The second-order valence-corrected chi connectivity index (χ2v) is 7.82. The van der Waals surface area contributed by atoms with Gasteiger partial charge in [-0.3, -0.25) is 19.7 Å². The van der Waals surface area contributed by atoms with Gasteiger partial charge < -0.3 is 19.1 Å². The monoisotopic (exact) mass is 426 g/mol. The van der Waals surface area contributed by atoms with Crippen LogP contribution < -0.4 is 5.32 Å². The first-order chi connectivity index (χ1) is 15.0. The second kappa shape index (κ2) is 8.89. The van der Waals surface area contributed by atoms with Crippen molar-refractivity contribution in [2.24, 2.45) is 0 Å². The fourth-order valence-electron chi connectivity index (χ4n) is 4.39. The molecule has 9 heteroatoms. The van der Waals surface area contributed by atoms with E-state index in [2.05, 4.69) is 10.5 Å². The van der Waals surface area contributed by atoms with Crippen molar-refractivity contribution in [3.63, 3.8) is 0 Å². The smallest absolute Gasteiger partial charge is 0.325 e. The first-order valence-electron chi connectivity index (χ1n) is 10.5. The van der Waals surface area contributed by atoms with Crippen LogP contribution in [0.25, 0.3) is 0 Å². The molecule has 1 atom stereocenters. The minimum absolute atomic E-state index is 0.110. The van der Waals surface area contributed by atoms with Crippen LogP contribution in [0.1, 0.15) is 35.9 Å². The molecule has 2 fully saturated rings. The van der Waals surface area contributed by atoms with Gasteiger partial charge in [-0.05, 0) is 18.9 Å². The number of rotatable bonds is 6. The highest BCUT2D eigenvalue weighted by Gasteiger charge is 2.52. The van der Waals surface area contributed by atoms with Gasteiger partial charge in [0.25, 0.3) is 5.91 Å². The van der Waals surface area contributed by atoms with Gasteiger partial charge in [0.2, 0.25) is 11.7 Å². The van der Waals surface area contributed by atoms with Crippen LogP contribution in [0.2, 0.25) is 0 Å². The Hall–Kier alpha value is -3.20. The van der Waals surface area contributed by atoms with Crippen LogP contribution in [-0.4, -0.2) is 70.7 Å². The highest BCUT2D eigenvalue weighted by molar-refractivity contribution is 5.92. The highest BCUT2D eigenvalue weighted by atomic mass is 16.5. The third-order valence-corrected chi connectivity index (χ3v) is 5.93. The van der Waals surface area contributed by atoms with Crippen LogP contribution in [0.5, 0.6) is 0 Å². The molecule has 1 aromatic heterocycles. The van der Waals surface area contributed by atoms with Crippen LogP contribution in [-0.2, 0) is 20.7 Å². The van der Waals surface area contributed by atoms with E-state index in [9.17, 15) is 14.4 Å². The Labute approximate surface area is 180 Å². The van der Waals surface area contributed by atoms with Gasteiger partial charge in [-0.25, -0.2) is 0 Å². The number of nitrogens with zero attached hydrogens (tertiary/aromatic N) is 3. The van der Waals surface area contributed by atoms with E-state index in [4.69, 9.17) is 9.26 Å². The summed E-state index contributed by atoms with van der Waals surface area (Å²) in [6, 6.07) is 10.9. The van der Waals surface area contributed by atoms with E-state index >= 15 is 0 Å². The SMILES string of the molecule is CCOC(=O)CN1C(=O)C(Cc2ccccc2)NC12CCN(C(=O)c1ccno1)CC2. The molecule has 31 heavy (non-hydrogen) atoms. The summed E-state index contributed by atoms with van der Waals surface area (Å²) >= 11 is 0. The largest absolute Gasteiger partial charge is 0.465 e. The number of ether oxygens (including phenoxy) is 1. The van der Waals surface area contributed by atoms with E-state index in [1.807, 2.05) is 30.3 Å². The Kier molecular flexibility index (Phi) is 6.03. The summed E-state index contributed by atoms with van der Waals surface area (Å²) in [4.78, 5) is 41.4. The number of likely N-dealkylation sites (tertiary alicyclic amines) is 1. The molecule has 164 valence electrons. The van der Waals surface area contributed by atoms with E-state index in [0.29, 0.717) is 32.4 Å². The molecule has 4 rings (SSSR count). The fourth-order valence-corrected chi connectivity index (χ4v) is 4.39. The topological polar surface area (TPSA) is 105 Å². The maximum atomic E-state index is 13.3. The van der Waals surface area contributed by atoms with Crippen LogP contribution in [0.4, 0.5) is 0 Å². The number of esters is 1. The van der Waals surface area contributed by atoms with Gasteiger partial charge in [0.05, 0.1) is 24.5 Å². The minimum atomic E-state index is -0.693. The zero-order valence-electron chi connectivity index (χ0n) is 17.5. The molecule has 2 aromatic rings. The molecule has 1 spiro atoms. The van der Waals surface area contributed by atoms with Crippen molar-refractivity contribution in [2.75, 3.05) is 26.2 Å². The van der Waals surface area contributed by atoms with Gasteiger partial charge >= 0.3 is 5.97 Å². The maximum absolute atomic E-state index is 13.3. The standard InChI is InChI=1S/C22H26N4O5/c1-2-30-19(27)15-26-20(28)17(14-16-6-4-3-5-7-16)24-22(26)9-12-25(13-10-22)21(29)18-8-11-23-31-18/h3-8,11,17,24H,2,9-10,12-15H2,1H3. The number of hydrogen-bond acceptors (Lipinski definition) is 7. The van der Waals surface area contributed by atoms with E-state index in [0.717, 1.165) is 5.56 Å². The predicted octanol–water partition coefficient (Wildman–Crippen LogP) is 1.21. The summed E-state index contributed by atoms with van der Waals surface area (Å²) in [7, 11) is 0. The third kappa shape index (κ3) is 4.32. The average Bonchev–Trinajstić information content (AvgIpc) is 3.39. The van der Waals surface area contributed by atoms with E-state index in [1.165, 1.54) is 12.3 Å². The highest BCUT2D eigenvalue weighted by Crippen LogP contribution is 2.33. The zero-order valence-corrected chi connectivity index (χ0v) is 17.5. The number of benzene rings is 1. The Morgan fingerprint density at radius 2 is 1.97 bits per heavy atom. The van der Waals surface area contributed by atoms with Crippen molar-refractivity contribution in [1.82, 2.24) is 20.3 Å². The van der Waals surface area contributed by atoms with E-state index in [1.54, 1.807) is 16.7 Å². The van der Waals surface area contributed by atoms with Crippen LogP contribution in [0.3, 0.4) is 0 Å². The Balaban J connectivity index is 1.51. The molecule has 2 aliphatic rings. The first-order valence-corrected chi connectivity index (χ1v) is 10.5. The lowest BCUT2D eigenvalue weighted by molar-refractivity contribution is -0.151. The number of amides is 2. The predicted molar refractivity (Wildman–Crippen MR) is 110 cm³/mol. The molecular formula is C22H26N4O5. The van der Waals surface area contributed by atoms with Crippen molar-refractivity contribution in [3.05, 3.63) is 53.9 Å². The molecule has 2 aliphatic heterocycles. The minimum Gasteiger partial charge on any atom is -0.465 e. The van der Waals surface area contributed by atoms with Gasteiger partial charge in [0.15, 0.2) is 0 Å². The Bertz CT molecular complexity index is 923. The first kappa shape index (κ1) is 21.0. The summed E-state index contributed by atoms with van der Waals surface area (Å²) < 4.78 is 10.1. The lowest BCUT2D eigenvalue weighted by atomic mass is 9.95. The van der Waals surface area contributed by atoms with E-state index in [-0.39, 0.29) is 30.7 Å². The van der Waals surface area contributed by atoms with Crippen molar-refractivity contribution >= 4 is 17.8 Å². The summed E-state index contributed by atoms with van der Waals surface area (Å²) in [5, 5.41) is 7.08. The average molecular weight is 426 g/mol. The number of aromatic nitrogens is 1. The number of piperidine rings is 1. The maximum Gasteiger partial charge on any atom is 0.325 e. The number of nitrogens with one attached hydrogen (secondary N) is 1. The van der Waals surface area contributed by atoms with Crippen LogP contribution in [0.15, 0.2) is 47.1 Å². The zero-order chi connectivity index (χ0) is 21.8. The summed E-state index contributed by atoms with van der Waals surface area (Å²) in [6.45, 7) is 2.74.